The molecule has 0 aliphatic rings. The summed E-state index contributed by atoms with van der Waals surface area (Å²) < 4.78 is 1.81. The van der Waals surface area contributed by atoms with E-state index in [1.807, 2.05) is 66.4 Å². The number of rotatable bonds is 6. The molecule has 0 radical (unpaired) electrons. The van der Waals surface area contributed by atoms with E-state index in [4.69, 9.17) is 0 Å². The van der Waals surface area contributed by atoms with E-state index >= 15 is 0 Å². The number of nitrogens with zero attached hydrogens (tertiary/aromatic N) is 2. The maximum Gasteiger partial charge on any atom is 0.226 e. The predicted molar refractivity (Wildman–Crippen MR) is 107 cm³/mol. The van der Waals surface area contributed by atoms with Gasteiger partial charge in [0.25, 0.3) is 0 Å². The lowest BCUT2D eigenvalue weighted by Gasteiger charge is -2.16. The fourth-order valence-electron chi connectivity index (χ4n) is 2.98. The van der Waals surface area contributed by atoms with E-state index < -0.39 is 0 Å². The summed E-state index contributed by atoms with van der Waals surface area (Å²) >= 11 is 1.52. The van der Waals surface area contributed by atoms with Crippen LogP contribution < -0.4 is 10.6 Å². The van der Waals surface area contributed by atoms with Crippen LogP contribution in [0.15, 0.2) is 47.8 Å². The molecule has 2 heterocycles. The van der Waals surface area contributed by atoms with Crippen molar-refractivity contribution in [3.8, 4) is 5.69 Å². The van der Waals surface area contributed by atoms with Crippen LogP contribution in [-0.4, -0.2) is 21.6 Å². The zero-order valence-electron chi connectivity index (χ0n) is 15.5. The largest absolute Gasteiger partial charge is 0.348 e. The summed E-state index contributed by atoms with van der Waals surface area (Å²) in [6.45, 7) is 5.25. The average molecular weight is 382 g/mol. The minimum absolute atomic E-state index is 0.162. The number of para-hydroxylation sites is 1. The Bertz CT molecular complexity index is 933. The van der Waals surface area contributed by atoms with Crippen molar-refractivity contribution in [2.24, 2.45) is 0 Å². The summed E-state index contributed by atoms with van der Waals surface area (Å²) in [6.07, 6.45) is 0.162. The maximum atomic E-state index is 12.7. The molecule has 1 aromatic carbocycles. The number of nitrogens with one attached hydrogen (secondary N) is 2. The molecular formula is C20H22N4O2S. The summed E-state index contributed by atoms with van der Waals surface area (Å²) in [5.41, 5.74) is 3.25. The topological polar surface area (TPSA) is 76.0 Å². The molecule has 2 amide bonds. The summed E-state index contributed by atoms with van der Waals surface area (Å²) in [4.78, 5) is 25.1. The van der Waals surface area contributed by atoms with Crippen molar-refractivity contribution >= 4 is 28.8 Å². The van der Waals surface area contributed by atoms with Gasteiger partial charge in [-0.2, -0.15) is 5.10 Å². The van der Waals surface area contributed by atoms with Gasteiger partial charge in [-0.25, -0.2) is 4.68 Å². The Balaban J connectivity index is 1.77. The monoisotopic (exact) mass is 382 g/mol. The van der Waals surface area contributed by atoms with Crippen LogP contribution in [0.2, 0.25) is 0 Å². The average Bonchev–Trinajstić information content (AvgIpc) is 3.26. The highest BCUT2D eigenvalue weighted by atomic mass is 32.1. The lowest BCUT2D eigenvalue weighted by molar-refractivity contribution is -0.120. The summed E-state index contributed by atoms with van der Waals surface area (Å²) in [7, 11) is 0. The van der Waals surface area contributed by atoms with Crippen LogP contribution in [0.1, 0.15) is 35.7 Å². The summed E-state index contributed by atoms with van der Waals surface area (Å²) in [6, 6.07) is 13.3. The van der Waals surface area contributed by atoms with Crippen molar-refractivity contribution < 1.29 is 9.59 Å². The minimum Gasteiger partial charge on any atom is -0.348 e. The number of carbonyl (C=O) groups is 2. The van der Waals surface area contributed by atoms with Crippen LogP contribution in [0.5, 0.6) is 0 Å². The Morgan fingerprint density at radius 1 is 1.15 bits per heavy atom. The number of thiophene rings is 1. The third-order valence-electron chi connectivity index (χ3n) is 4.21. The van der Waals surface area contributed by atoms with Gasteiger partial charge in [-0.05, 0) is 37.4 Å². The summed E-state index contributed by atoms with van der Waals surface area (Å²) in [5.74, 6) is -0.327. The molecule has 0 aliphatic heterocycles. The van der Waals surface area contributed by atoms with E-state index in [9.17, 15) is 9.59 Å². The van der Waals surface area contributed by atoms with Gasteiger partial charge in [-0.15, -0.1) is 11.3 Å². The van der Waals surface area contributed by atoms with Gasteiger partial charge in [0.05, 0.1) is 35.2 Å². The predicted octanol–water partition coefficient (Wildman–Crippen LogP) is 3.76. The Morgan fingerprint density at radius 2 is 1.89 bits per heavy atom. The number of aromatic nitrogens is 2. The molecule has 0 fully saturated rings. The molecule has 2 aromatic heterocycles. The fraction of sp³-hybridized carbons (Fsp3) is 0.250. The maximum absolute atomic E-state index is 12.7. The molecule has 1 atom stereocenters. The van der Waals surface area contributed by atoms with E-state index in [0.717, 1.165) is 22.0 Å². The molecule has 0 bridgehead atoms. The zero-order valence-corrected chi connectivity index (χ0v) is 16.3. The second kappa shape index (κ2) is 8.18. The van der Waals surface area contributed by atoms with Gasteiger partial charge in [0, 0.05) is 11.8 Å². The Labute approximate surface area is 162 Å². The number of anilines is 1. The van der Waals surface area contributed by atoms with Crippen LogP contribution in [0, 0.1) is 13.8 Å². The van der Waals surface area contributed by atoms with Gasteiger partial charge >= 0.3 is 0 Å². The Hall–Kier alpha value is -2.93. The van der Waals surface area contributed by atoms with Gasteiger partial charge in [0.1, 0.15) is 0 Å². The Morgan fingerprint density at radius 3 is 2.52 bits per heavy atom. The molecule has 0 spiro atoms. The van der Waals surface area contributed by atoms with Crippen molar-refractivity contribution in [3.63, 3.8) is 0 Å². The number of aryl methyl sites for hydroxylation is 1. The van der Waals surface area contributed by atoms with E-state index in [-0.39, 0.29) is 24.3 Å². The minimum atomic E-state index is -0.340. The van der Waals surface area contributed by atoms with Gasteiger partial charge in [-0.1, -0.05) is 24.3 Å². The SMILES string of the molecule is CC(=O)N[C@@H](CC(=O)Nc1c(C)nn(-c2ccccc2)c1C)c1cccs1. The standard InChI is InChI=1S/C20H22N4O2S/c1-13-20(14(2)24(23-13)16-8-5-4-6-9-16)22-19(26)12-17(21-15(3)25)18-10-7-11-27-18/h4-11,17H,12H2,1-3H3,(H,21,25)(H,22,26)/t17-/m0/s1. The molecule has 0 saturated heterocycles. The quantitative estimate of drug-likeness (QED) is 0.682. The third kappa shape index (κ3) is 4.43. The lowest BCUT2D eigenvalue weighted by atomic mass is 10.1. The molecule has 3 rings (SSSR count). The molecule has 27 heavy (non-hydrogen) atoms. The van der Waals surface area contributed by atoms with Crippen molar-refractivity contribution in [2.75, 3.05) is 5.32 Å². The third-order valence-corrected chi connectivity index (χ3v) is 5.20. The molecule has 0 aliphatic carbocycles. The van der Waals surface area contributed by atoms with E-state index in [1.165, 1.54) is 18.3 Å². The van der Waals surface area contributed by atoms with Crippen LogP contribution in [0.3, 0.4) is 0 Å². The highest BCUT2D eigenvalue weighted by molar-refractivity contribution is 7.10. The van der Waals surface area contributed by atoms with Crippen LogP contribution >= 0.6 is 11.3 Å². The van der Waals surface area contributed by atoms with Crippen molar-refractivity contribution in [1.82, 2.24) is 15.1 Å². The van der Waals surface area contributed by atoms with Gasteiger partial charge in [-0.3, -0.25) is 9.59 Å². The molecule has 2 N–H and O–H groups in total. The molecule has 3 aromatic rings. The first-order chi connectivity index (χ1) is 13.0. The van der Waals surface area contributed by atoms with E-state index in [2.05, 4.69) is 15.7 Å². The van der Waals surface area contributed by atoms with Crippen LogP contribution in [-0.2, 0) is 9.59 Å². The first-order valence-corrected chi connectivity index (χ1v) is 9.55. The number of amides is 2. The summed E-state index contributed by atoms with van der Waals surface area (Å²) in [5, 5.41) is 12.3. The number of hydrogen-bond acceptors (Lipinski definition) is 4. The second-order valence-electron chi connectivity index (χ2n) is 6.31. The smallest absolute Gasteiger partial charge is 0.226 e. The lowest BCUT2D eigenvalue weighted by Crippen LogP contribution is -2.29. The van der Waals surface area contributed by atoms with E-state index in [0.29, 0.717) is 5.69 Å². The van der Waals surface area contributed by atoms with Gasteiger partial charge in [0.15, 0.2) is 0 Å². The highest BCUT2D eigenvalue weighted by Gasteiger charge is 2.20. The number of carbonyl (C=O) groups excluding carboxylic acids is 2. The molecule has 0 saturated carbocycles. The first-order valence-electron chi connectivity index (χ1n) is 8.67. The van der Waals surface area contributed by atoms with Crippen LogP contribution in [0.25, 0.3) is 5.69 Å². The highest BCUT2D eigenvalue weighted by Crippen LogP contribution is 2.25. The molecular weight excluding hydrogens is 360 g/mol. The number of benzene rings is 1. The zero-order chi connectivity index (χ0) is 19.4. The first kappa shape index (κ1) is 18.8. The fourth-order valence-corrected chi connectivity index (χ4v) is 3.76. The van der Waals surface area contributed by atoms with Crippen molar-refractivity contribution in [3.05, 3.63) is 64.1 Å². The Kier molecular flexibility index (Phi) is 5.71. The van der Waals surface area contributed by atoms with Gasteiger partial charge in [0.2, 0.25) is 11.8 Å². The van der Waals surface area contributed by atoms with Crippen molar-refractivity contribution in [1.29, 1.82) is 0 Å². The molecule has 7 heteroatoms. The van der Waals surface area contributed by atoms with Gasteiger partial charge < -0.3 is 10.6 Å². The normalized spacial score (nSPS) is 11.8. The van der Waals surface area contributed by atoms with Crippen molar-refractivity contribution in [2.45, 2.75) is 33.2 Å². The molecule has 0 unspecified atom stereocenters. The molecule has 140 valence electrons. The second-order valence-corrected chi connectivity index (χ2v) is 7.29. The number of hydrogen-bond donors (Lipinski definition) is 2. The van der Waals surface area contributed by atoms with Crippen LogP contribution in [0.4, 0.5) is 5.69 Å². The van der Waals surface area contributed by atoms with E-state index in [1.54, 1.807) is 0 Å². The molecule has 6 nitrogen and oxygen atoms in total.